The predicted molar refractivity (Wildman–Crippen MR) is 123 cm³/mol. The number of nitro groups is 1. The fraction of sp³-hybridized carbons (Fsp3) is 0.238. The number of aryl methyl sites for hydroxylation is 1. The van der Waals surface area contributed by atoms with Crippen molar-refractivity contribution >= 4 is 45.6 Å². The molecular weight excluding hydrogens is 454 g/mol. The molecule has 11 heteroatoms. The highest BCUT2D eigenvalue weighted by molar-refractivity contribution is 7.18. The molecule has 0 fully saturated rings. The third-order valence-corrected chi connectivity index (χ3v) is 5.80. The number of carbonyl (C=O) groups excluding carboxylic acids is 2. The van der Waals surface area contributed by atoms with Gasteiger partial charge in [-0.3, -0.25) is 25.0 Å². The molecule has 9 nitrogen and oxygen atoms in total. The van der Waals surface area contributed by atoms with Crippen LogP contribution in [0.3, 0.4) is 0 Å². The molecule has 0 aliphatic carbocycles. The summed E-state index contributed by atoms with van der Waals surface area (Å²) in [6.07, 6.45) is 0. The zero-order chi connectivity index (χ0) is 23.4. The molecule has 0 saturated heterocycles. The Morgan fingerprint density at radius 3 is 2.41 bits per heavy atom. The van der Waals surface area contributed by atoms with E-state index in [1.54, 1.807) is 13.8 Å². The van der Waals surface area contributed by atoms with E-state index in [1.807, 2.05) is 31.2 Å². The quantitative estimate of drug-likeness (QED) is 0.385. The Balaban J connectivity index is 1.72. The minimum atomic E-state index is -0.888. The number of anilines is 1. The van der Waals surface area contributed by atoms with Gasteiger partial charge in [0, 0.05) is 17.7 Å². The van der Waals surface area contributed by atoms with Crippen molar-refractivity contribution < 1.29 is 14.5 Å². The molecule has 32 heavy (non-hydrogen) atoms. The molecular formula is C21H20ClN5O4S. The molecule has 2 aromatic carbocycles. The molecule has 3 aromatic rings. The van der Waals surface area contributed by atoms with Gasteiger partial charge in [0.25, 0.3) is 11.6 Å². The number of carbonyl (C=O) groups is 2. The Kier molecular flexibility index (Phi) is 7.16. The highest BCUT2D eigenvalue weighted by atomic mass is 35.5. The zero-order valence-electron chi connectivity index (χ0n) is 17.5. The van der Waals surface area contributed by atoms with Crippen LogP contribution in [0.5, 0.6) is 0 Å². The summed E-state index contributed by atoms with van der Waals surface area (Å²) in [5, 5.41) is 25.2. The number of non-ortho nitro benzene ring substituents is 1. The van der Waals surface area contributed by atoms with E-state index in [-0.39, 0.29) is 22.2 Å². The average Bonchev–Trinajstić information content (AvgIpc) is 3.20. The van der Waals surface area contributed by atoms with Crippen molar-refractivity contribution in [1.82, 2.24) is 15.5 Å². The number of nitrogens with one attached hydrogen (secondary N) is 2. The van der Waals surface area contributed by atoms with E-state index in [0.29, 0.717) is 10.1 Å². The largest absolute Gasteiger partial charge is 0.340 e. The lowest BCUT2D eigenvalue weighted by molar-refractivity contribution is -0.384. The Bertz CT molecular complexity index is 1160. The number of halogens is 1. The molecule has 3 rings (SSSR count). The van der Waals surface area contributed by atoms with Crippen molar-refractivity contribution in [3.05, 3.63) is 68.7 Å². The van der Waals surface area contributed by atoms with Crippen LogP contribution in [0.1, 0.15) is 29.8 Å². The van der Waals surface area contributed by atoms with Crippen LogP contribution < -0.4 is 10.6 Å². The van der Waals surface area contributed by atoms with Gasteiger partial charge in [-0.05, 0) is 18.9 Å². The van der Waals surface area contributed by atoms with E-state index in [9.17, 15) is 19.7 Å². The molecule has 0 saturated carbocycles. The fourth-order valence-corrected chi connectivity index (χ4v) is 3.84. The van der Waals surface area contributed by atoms with Crippen LogP contribution >= 0.6 is 22.9 Å². The first-order valence-electron chi connectivity index (χ1n) is 9.62. The number of aromatic nitrogens is 2. The van der Waals surface area contributed by atoms with Crippen LogP contribution in [0.2, 0.25) is 5.02 Å². The van der Waals surface area contributed by atoms with E-state index in [4.69, 9.17) is 11.6 Å². The third-order valence-electron chi connectivity index (χ3n) is 4.60. The smallest absolute Gasteiger partial charge is 0.270 e. The van der Waals surface area contributed by atoms with Gasteiger partial charge in [0.1, 0.15) is 11.0 Å². The van der Waals surface area contributed by atoms with Crippen molar-refractivity contribution in [2.75, 3.05) is 5.32 Å². The maximum absolute atomic E-state index is 12.8. The Morgan fingerprint density at radius 2 is 1.81 bits per heavy atom. The number of nitrogens with zero attached hydrogens (tertiary/aromatic N) is 3. The van der Waals surface area contributed by atoms with Gasteiger partial charge in [0.05, 0.1) is 15.5 Å². The van der Waals surface area contributed by atoms with Crippen LogP contribution in [-0.4, -0.2) is 33.0 Å². The van der Waals surface area contributed by atoms with Crippen molar-refractivity contribution in [3.63, 3.8) is 0 Å². The molecule has 0 bridgehead atoms. The van der Waals surface area contributed by atoms with Crippen LogP contribution in [-0.2, 0) is 4.79 Å². The van der Waals surface area contributed by atoms with E-state index in [0.717, 1.165) is 17.2 Å². The van der Waals surface area contributed by atoms with Crippen LogP contribution in [0.15, 0.2) is 42.5 Å². The Labute approximate surface area is 193 Å². The molecule has 0 aliphatic rings. The second kappa shape index (κ2) is 9.84. The summed E-state index contributed by atoms with van der Waals surface area (Å²) in [6, 6.07) is 10.4. The number of rotatable bonds is 7. The first-order valence-corrected chi connectivity index (χ1v) is 10.8. The molecule has 2 N–H and O–H groups in total. The van der Waals surface area contributed by atoms with E-state index in [1.165, 1.54) is 23.5 Å². The molecule has 0 spiro atoms. The van der Waals surface area contributed by atoms with Gasteiger partial charge in [-0.2, -0.15) is 0 Å². The van der Waals surface area contributed by atoms with Crippen molar-refractivity contribution in [2.24, 2.45) is 5.92 Å². The van der Waals surface area contributed by atoms with Crippen molar-refractivity contribution in [2.45, 2.75) is 26.8 Å². The maximum Gasteiger partial charge on any atom is 0.270 e. The maximum atomic E-state index is 12.8. The summed E-state index contributed by atoms with van der Waals surface area (Å²) >= 11 is 7.25. The van der Waals surface area contributed by atoms with Gasteiger partial charge in [0.15, 0.2) is 0 Å². The summed E-state index contributed by atoms with van der Waals surface area (Å²) in [4.78, 5) is 35.7. The van der Waals surface area contributed by atoms with Gasteiger partial charge in [-0.1, -0.05) is 66.6 Å². The molecule has 1 aromatic heterocycles. The topological polar surface area (TPSA) is 127 Å². The number of hydrogen-bond acceptors (Lipinski definition) is 7. The standard InChI is InChI=1S/C21H20ClN5O4S/c1-11(2)17(23-18(28)15-9-8-14(27(30)31)10-16(15)22)19(29)24-21-26-25-20(32-21)13-6-4-12(3)5-7-13/h4-11,17H,1-3H3,(H,23,28)(H,24,26,29)/t17-/m0/s1. The summed E-state index contributed by atoms with van der Waals surface area (Å²) in [5.41, 5.74) is 1.81. The van der Waals surface area contributed by atoms with Crippen molar-refractivity contribution in [3.8, 4) is 10.6 Å². The number of benzene rings is 2. The fourth-order valence-electron chi connectivity index (χ4n) is 2.83. The van der Waals surface area contributed by atoms with E-state index in [2.05, 4.69) is 20.8 Å². The Hall–Kier alpha value is -3.37. The lowest BCUT2D eigenvalue weighted by Gasteiger charge is -2.21. The van der Waals surface area contributed by atoms with Crippen molar-refractivity contribution in [1.29, 1.82) is 0 Å². The molecule has 1 heterocycles. The number of hydrogen-bond donors (Lipinski definition) is 2. The summed E-state index contributed by atoms with van der Waals surface area (Å²) < 4.78 is 0. The molecule has 0 radical (unpaired) electrons. The van der Waals surface area contributed by atoms with Gasteiger partial charge >= 0.3 is 0 Å². The SMILES string of the molecule is Cc1ccc(-c2nnc(NC(=O)[C@@H](NC(=O)c3ccc([N+](=O)[O-])cc3Cl)C(C)C)s2)cc1. The van der Waals surface area contributed by atoms with Gasteiger partial charge in [-0.15, -0.1) is 10.2 Å². The number of nitro benzene ring substituents is 1. The zero-order valence-corrected chi connectivity index (χ0v) is 19.0. The average molecular weight is 474 g/mol. The third kappa shape index (κ3) is 5.45. The lowest BCUT2D eigenvalue weighted by atomic mass is 10.0. The molecule has 0 aliphatic heterocycles. The first kappa shape index (κ1) is 23.3. The molecule has 0 unspecified atom stereocenters. The minimum absolute atomic E-state index is 0.0355. The second-order valence-electron chi connectivity index (χ2n) is 7.38. The monoisotopic (exact) mass is 473 g/mol. The van der Waals surface area contributed by atoms with Crippen LogP contribution in [0, 0.1) is 23.0 Å². The normalized spacial score (nSPS) is 11.8. The van der Waals surface area contributed by atoms with Gasteiger partial charge in [-0.25, -0.2) is 0 Å². The summed E-state index contributed by atoms with van der Waals surface area (Å²) in [7, 11) is 0. The predicted octanol–water partition coefficient (Wildman–Crippen LogP) is 4.47. The summed E-state index contributed by atoms with van der Waals surface area (Å²) in [6.45, 7) is 5.54. The number of amides is 2. The minimum Gasteiger partial charge on any atom is -0.340 e. The lowest BCUT2D eigenvalue weighted by Crippen LogP contribution is -2.47. The van der Waals surface area contributed by atoms with Gasteiger partial charge in [0.2, 0.25) is 11.0 Å². The van der Waals surface area contributed by atoms with Crippen LogP contribution in [0.4, 0.5) is 10.8 Å². The van der Waals surface area contributed by atoms with Gasteiger partial charge < -0.3 is 5.32 Å². The van der Waals surface area contributed by atoms with E-state index < -0.39 is 22.8 Å². The highest BCUT2D eigenvalue weighted by Crippen LogP contribution is 2.27. The van der Waals surface area contributed by atoms with Crippen LogP contribution in [0.25, 0.3) is 10.6 Å². The van der Waals surface area contributed by atoms with E-state index >= 15 is 0 Å². The second-order valence-corrected chi connectivity index (χ2v) is 8.77. The first-order chi connectivity index (χ1) is 15.2. The molecule has 166 valence electrons. The Morgan fingerprint density at radius 1 is 1.12 bits per heavy atom. The molecule has 1 atom stereocenters. The summed E-state index contributed by atoms with van der Waals surface area (Å²) in [5.74, 6) is -1.32. The highest BCUT2D eigenvalue weighted by Gasteiger charge is 2.27. The molecule has 2 amide bonds.